The number of esters is 1. The van der Waals surface area contributed by atoms with Gasteiger partial charge in [-0.15, -0.1) is 0 Å². The smallest absolute Gasteiger partial charge is 0.462 e. The molecule has 0 atom stereocenters. The standard InChI is InChI=1S/C21H20F3NO6S/c1-3-30-19(27)15-11-25-16(9-17(15)26)14-7-12(2)18(31-32(28,29)21(22,23)24)8-13(14)10-20(25)5-4-6-20/h7-9,11H,3-6,10H2,1-2H3. The van der Waals surface area contributed by atoms with Gasteiger partial charge in [-0.3, -0.25) is 4.79 Å². The van der Waals surface area contributed by atoms with Crippen molar-refractivity contribution in [1.82, 2.24) is 4.57 Å². The predicted octanol–water partition coefficient (Wildman–Crippen LogP) is 3.66. The molecule has 32 heavy (non-hydrogen) atoms. The van der Waals surface area contributed by atoms with E-state index in [-0.39, 0.29) is 17.7 Å². The lowest BCUT2D eigenvalue weighted by molar-refractivity contribution is -0.0500. The average Bonchev–Trinajstić information content (AvgIpc) is 2.65. The number of aromatic nitrogens is 1. The minimum atomic E-state index is -5.81. The highest BCUT2D eigenvalue weighted by atomic mass is 32.2. The summed E-state index contributed by atoms with van der Waals surface area (Å²) in [6.07, 6.45) is 4.24. The van der Waals surface area contributed by atoms with E-state index in [1.165, 1.54) is 31.3 Å². The highest BCUT2D eigenvalue weighted by Crippen LogP contribution is 2.49. The van der Waals surface area contributed by atoms with E-state index in [2.05, 4.69) is 4.18 Å². The Labute approximate surface area is 181 Å². The number of benzene rings is 1. The Balaban J connectivity index is 1.86. The molecule has 1 fully saturated rings. The number of carbonyl (C=O) groups excluding carboxylic acids is 1. The number of hydrogen-bond acceptors (Lipinski definition) is 6. The minimum absolute atomic E-state index is 0.0849. The first kappa shape index (κ1) is 22.4. The van der Waals surface area contributed by atoms with Crippen LogP contribution in [-0.2, 0) is 26.8 Å². The van der Waals surface area contributed by atoms with E-state index >= 15 is 0 Å². The molecule has 0 radical (unpaired) electrons. The fourth-order valence-corrected chi connectivity index (χ4v) is 4.82. The number of fused-ring (bicyclic) bond motifs is 4. The SMILES string of the molecule is CCOC(=O)c1cn2c(cc1=O)-c1cc(C)c(OS(=O)(=O)C(F)(F)F)cc1CC21CCC1. The Morgan fingerprint density at radius 1 is 1.22 bits per heavy atom. The molecule has 2 aromatic rings. The van der Waals surface area contributed by atoms with Crippen LogP contribution in [0, 0.1) is 6.92 Å². The van der Waals surface area contributed by atoms with Crippen molar-refractivity contribution in [3.8, 4) is 17.0 Å². The first-order valence-electron chi connectivity index (χ1n) is 9.97. The molecule has 0 bridgehead atoms. The van der Waals surface area contributed by atoms with Crippen LogP contribution in [0.2, 0.25) is 0 Å². The van der Waals surface area contributed by atoms with Gasteiger partial charge >= 0.3 is 21.6 Å². The van der Waals surface area contributed by atoms with Crippen LogP contribution in [0.1, 0.15) is 47.7 Å². The van der Waals surface area contributed by atoms with Gasteiger partial charge in [0.05, 0.1) is 12.3 Å². The lowest BCUT2D eigenvalue weighted by Gasteiger charge is -2.48. The molecule has 1 aromatic heterocycles. The van der Waals surface area contributed by atoms with Gasteiger partial charge in [0.1, 0.15) is 11.3 Å². The van der Waals surface area contributed by atoms with E-state index in [4.69, 9.17) is 4.74 Å². The largest absolute Gasteiger partial charge is 0.534 e. The lowest BCUT2D eigenvalue weighted by atomic mass is 9.69. The zero-order valence-corrected chi connectivity index (χ0v) is 18.1. The van der Waals surface area contributed by atoms with Crippen molar-refractivity contribution in [2.45, 2.75) is 50.6 Å². The zero-order chi connectivity index (χ0) is 23.5. The Hall–Kier alpha value is -2.82. The molecule has 2 heterocycles. The number of rotatable bonds is 4. The predicted molar refractivity (Wildman–Crippen MR) is 108 cm³/mol. The molecule has 0 unspecified atom stereocenters. The highest BCUT2D eigenvalue weighted by Gasteiger charge is 2.49. The van der Waals surface area contributed by atoms with Crippen molar-refractivity contribution < 1.29 is 35.3 Å². The second kappa shape index (κ2) is 7.36. The zero-order valence-electron chi connectivity index (χ0n) is 17.3. The molecule has 0 amide bonds. The third kappa shape index (κ3) is 3.48. The van der Waals surface area contributed by atoms with Crippen molar-refractivity contribution in [2.24, 2.45) is 0 Å². The summed E-state index contributed by atoms with van der Waals surface area (Å²) < 4.78 is 72.6. The number of pyridine rings is 1. The molecular formula is C21H20F3NO6S. The maximum Gasteiger partial charge on any atom is 0.534 e. The molecular weight excluding hydrogens is 451 g/mol. The fourth-order valence-electron chi connectivity index (χ4n) is 4.31. The van der Waals surface area contributed by atoms with Crippen molar-refractivity contribution in [1.29, 1.82) is 0 Å². The van der Waals surface area contributed by atoms with Crippen LogP contribution in [-0.4, -0.2) is 31.1 Å². The number of hydrogen-bond donors (Lipinski definition) is 0. The summed E-state index contributed by atoms with van der Waals surface area (Å²) in [5, 5.41) is 0. The van der Waals surface area contributed by atoms with E-state index in [9.17, 15) is 31.2 Å². The second-order valence-electron chi connectivity index (χ2n) is 8.04. The summed E-state index contributed by atoms with van der Waals surface area (Å²) in [6, 6.07) is 4.11. The summed E-state index contributed by atoms with van der Waals surface area (Å²) in [6.45, 7) is 3.18. The summed E-state index contributed by atoms with van der Waals surface area (Å²) in [4.78, 5) is 24.9. The molecule has 172 valence electrons. The molecule has 4 rings (SSSR count). The molecule has 0 saturated heterocycles. The minimum Gasteiger partial charge on any atom is -0.462 e. The molecule has 1 spiro atoms. The summed E-state index contributed by atoms with van der Waals surface area (Å²) in [7, 11) is -5.81. The first-order valence-corrected chi connectivity index (χ1v) is 11.4. The van der Waals surface area contributed by atoms with Crippen LogP contribution in [0.3, 0.4) is 0 Å². The third-order valence-corrected chi connectivity index (χ3v) is 6.99. The number of alkyl halides is 3. The molecule has 1 saturated carbocycles. The van der Waals surface area contributed by atoms with Crippen LogP contribution >= 0.6 is 0 Å². The number of carbonyl (C=O) groups is 1. The summed E-state index contributed by atoms with van der Waals surface area (Å²) >= 11 is 0. The number of ether oxygens (including phenoxy) is 1. The Morgan fingerprint density at radius 2 is 1.91 bits per heavy atom. The molecule has 1 aliphatic heterocycles. The van der Waals surface area contributed by atoms with Crippen molar-refractivity contribution in [3.05, 3.63) is 51.3 Å². The first-order chi connectivity index (χ1) is 14.9. The second-order valence-corrected chi connectivity index (χ2v) is 9.58. The van der Waals surface area contributed by atoms with E-state index in [0.717, 1.165) is 19.3 Å². The Kier molecular flexibility index (Phi) is 5.15. The highest BCUT2D eigenvalue weighted by molar-refractivity contribution is 7.88. The molecule has 2 aliphatic rings. The maximum absolute atomic E-state index is 12.8. The summed E-state index contributed by atoms with van der Waals surface area (Å²) in [5.41, 5.74) is -4.81. The number of halogens is 3. The van der Waals surface area contributed by atoms with Crippen LogP contribution in [0.15, 0.2) is 29.2 Å². The Bertz CT molecular complexity index is 1280. The average molecular weight is 471 g/mol. The monoisotopic (exact) mass is 471 g/mol. The maximum atomic E-state index is 12.8. The van der Waals surface area contributed by atoms with Crippen LogP contribution in [0.5, 0.6) is 5.75 Å². The number of nitrogens with zero attached hydrogens (tertiary/aromatic N) is 1. The molecule has 7 nitrogen and oxygen atoms in total. The van der Waals surface area contributed by atoms with E-state index in [1.54, 1.807) is 6.92 Å². The van der Waals surface area contributed by atoms with E-state index < -0.39 is 38.3 Å². The molecule has 11 heteroatoms. The van der Waals surface area contributed by atoms with Gasteiger partial charge in [0.25, 0.3) is 0 Å². The van der Waals surface area contributed by atoms with E-state index in [0.29, 0.717) is 23.2 Å². The molecule has 1 aliphatic carbocycles. The number of aryl methyl sites for hydroxylation is 1. The van der Waals surface area contributed by atoms with Crippen molar-refractivity contribution in [2.75, 3.05) is 6.61 Å². The third-order valence-electron chi connectivity index (χ3n) is 6.02. The topological polar surface area (TPSA) is 91.7 Å². The van der Waals surface area contributed by atoms with Crippen molar-refractivity contribution >= 4 is 16.1 Å². The van der Waals surface area contributed by atoms with E-state index in [1.807, 2.05) is 4.57 Å². The molecule has 1 aromatic carbocycles. The summed E-state index contributed by atoms with van der Waals surface area (Å²) in [5.74, 6) is -1.13. The normalized spacial score (nSPS) is 16.7. The Morgan fingerprint density at radius 3 is 2.47 bits per heavy atom. The van der Waals surface area contributed by atoms with Crippen LogP contribution in [0.4, 0.5) is 13.2 Å². The van der Waals surface area contributed by atoms with Gasteiger partial charge in [0.15, 0.2) is 5.43 Å². The molecule has 0 N–H and O–H groups in total. The van der Waals surface area contributed by atoms with Gasteiger partial charge in [-0.1, -0.05) is 0 Å². The van der Waals surface area contributed by atoms with Gasteiger partial charge in [-0.25, -0.2) is 4.79 Å². The van der Waals surface area contributed by atoms with Gasteiger partial charge in [0, 0.05) is 23.4 Å². The van der Waals surface area contributed by atoms with Gasteiger partial charge in [-0.05, 0) is 62.8 Å². The van der Waals surface area contributed by atoms with Crippen molar-refractivity contribution in [3.63, 3.8) is 0 Å². The van der Waals surface area contributed by atoms with Crippen LogP contribution < -0.4 is 9.61 Å². The lowest BCUT2D eigenvalue weighted by Crippen LogP contribution is -2.46. The van der Waals surface area contributed by atoms with Gasteiger partial charge in [-0.2, -0.15) is 21.6 Å². The fraction of sp³-hybridized carbons (Fsp3) is 0.429. The quantitative estimate of drug-likeness (QED) is 0.384. The van der Waals surface area contributed by atoms with Gasteiger partial charge in [0.2, 0.25) is 0 Å². The van der Waals surface area contributed by atoms with Crippen LogP contribution in [0.25, 0.3) is 11.3 Å². The van der Waals surface area contributed by atoms with Gasteiger partial charge < -0.3 is 13.5 Å².